The first-order valence-electron chi connectivity index (χ1n) is 7.91. The van der Waals surface area contributed by atoms with E-state index in [9.17, 15) is 4.79 Å². The third-order valence-corrected chi connectivity index (χ3v) is 4.12. The van der Waals surface area contributed by atoms with Gasteiger partial charge >= 0.3 is 0 Å². The van der Waals surface area contributed by atoms with E-state index in [0.29, 0.717) is 42.6 Å². The molecule has 1 fully saturated rings. The van der Waals surface area contributed by atoms with Crippen LogP contribution in [0.4, 0.5) is 0 Å². The molecule has 0 bridgehead atoms. The summed E-state index contributed by atoms with van der Waals surface area (Å²) in [5, 5.41) is 3.08. The van der Waals surface area contributed by atoms with Gasteiger partial charge in [0, 0.05) is 18.2 Å². The molecule has 2 heterocycles. The Labute approximate surface area is 136 Å². The third kappa shape index (κ3) is 3.52. The summed E-state index contributed by atoms with van der Waals surface area (Å²) in [5.41, 5.74) is 0.302. The molecule has 1 N–H and O–H groups in total. The number of rotatable bonds is 3. The number of ether oxygens (including phenoxy) is 4. The van der Waals surface area contributed by atoms with Crippen LogP contribution in [0, 0.1) is 0 Å². The molecule has 1 amide bonds. The topological polar surface area (TPSA) is 66.0 Å². The van der Waals surface area contributed by atoms with E-state index in [2.05, 4.69) is 5.32 Å². The monoisotopic (exact) mass is 321 g/mol. The minimum absolute atomic E-state index is 0.102. The molecule has 3 rings (SSSR count). The molecule has 1 aromatic rings. The molecule has 0 aliphatic carbocycles. The highest BCUT2D eigenvalue weighted by atomic mass is 16.6. The fraction of sp³-hybridized carbons (Fsp3) is 0.588. The Hall–Kier alpha value is -1.95. The van der Waals surface area contributed by atoms with Gasteiger partial charge in [0.2, 0.25) is 5.75 Å². The Balaban J connectivity index is 1.77. The summed E-state index contributed by atoms with van der Waals surface area (Å²) in [6.07, 6.45) is 1.61. The van der Waals surface area contributed by atoms with Crippen molar-refractivity contribution in [3.8, 4) is 17.2 Å². The lowest BCUT2D eigenvalue weighted by Gasteiger charge is -2.35. The normalized spacial score (nSPS) is 22.3. The lowest BCUT2D eigenvalue weighted by molar-refractivity contribution is -0.0615. The summed E-state index contributed by atoms with van der Waals surface area (Å²) in [4.78, 5) is 12.6. The van der Waals surface area contributed by atoms with Crippen molar-refractivity contribution >= 4 is 5.91 Å². The molecular weight excluding hydrogens is 298 g/mol. The van der Waals surface area contributed by atoms with E-state index in [1.807, 2.05) is 13.8 Å². The maximum absolute atomic E-state index is 12.6. The van der Waals surface area contributed by atoms with Crippen molar-refractivity contribution < 1.29 is 23.7 Å². The zero-order chi connectivity index (χ0) is 16.4. The van der Waals surface area contributed by atoms with Crippen molar-refractivity contribution in [3.05, 3.63) is 17.7 Å². The number of nitrogens with one attached hydrogen (secondary N) is 1. The number of benzene rings is 1. The van der Waals surface area contributed by atoms with Crippen LogP contribution in [0.5, 0.6) is 17.2 Å². The van der Waals surface area contributed by atoms with Crippen LogP contribution in [0.2, 0.25) is 0 Å². The van der Waals surface area contributed by atoms with Crippen LogP contribution in [0.3, 0.4) is 0 Å². The minimum atomic E-state index is -0.208. The second kappa shape index (κ2) is 6.28. The Morgan fingerprint density at radius 2 is 2.04 bits per heavy atom. The molecule has 6 heteroatoms. The van der Waals surface area contributed by atoms with Crippen molar-refractivity contribution in [2.45, 2.75) is 38.3 Å². The first kappa shape index (κ1) is 15.9. The van der Waals surface area contributed by atoms with Crippen LogP contribution in [0.25, 0.3) is 0 Å². The van der Waals surface area contributed by atoms with E-state index >= 15 is 0 Å². The highest BCUT2D eigenvalue weighted by molar-refractivity contribution is 5.95. The van der Waals surface area contributed by atoms with Gasteiger partial charge in [-0.15, -0.1) is 0 Å². The van der Waals surface area contributed by atoms with Crippen molar-refractivity contribution in [3.63, 3.8) is 0 Å². The quantitative estimate of drug-likeness (QED) is 0.924. The van der Waals surface area contributed by atoms with Gasteiger partial charge in [-0.05, 0) is 38.8 Å². The van der Waals surface area contributed by atoms with Crippen molar-refractivity contribution in [2.75, 3.05) is 26.9 Å². The number of methoxy groups -OCH3 is 1. The van der Waals surface area contributed by atoms with E-state index in [-0.39, 0.29) is 17.6 Å². The second-order valence-electron chi connectivity index (χ2n) is 6.47. The van der Waals surface area contributed by atoms with Gasteiger partial charge in [-0.1, -0.05) is 0 Å². The van der Waals surface area contributed by atoms with Crippen molar-refractivity contribution in [1.82, 2.24) is 5.32 Å². The molecule has 1 saturated heterocycles. The summed E-state index contributed by atoms with van der Waals surface area (Å²) < 4.78 is 22.1. The predicted octanol–water partition coefficient (Wildman–Crippen LogP) is 2.15. The number of amides is 1. The van der Waals surface area contributed by atoms with Crippen LogP contribution in [-0.2, 0) is 4.74 Å². The predicted molar refractivity (Wildman–Crippen MR) is 84.5 cm³/mol. The number of fused-ring (bicyclic) bond motifs is 1. The first-order chi connectivity index (χ1) is 11.0. The summed E-state index contributed by atoms with van der Waals surface area (Å²) in [6.45, 7) is 5.68. The molecule has 2 aliphatic heterocycles. The molecule has 1 atom stereocenters. The maximum Gasteiger partial charge on any atom is 0.251 e. The van der Waals surface area contributed by atoms with Crippen LogP contribution >= 0.6 is 0 Å². The fourth-order valence-electron chi connectivity index (χ4n) is 3.03. The largest absolute Gasteiger partial charge is 0.493 e. The van der Waals surface area contributed by atoms with Gasteiger partial charge in [-0.3, -0.25) is 4.79 Å². The van der Waals surface area contributed by atoms with Crippen LogP contribution < -0.4 is 19.5 Å². The van der Waals surface area contributed by atoms with Gasteiger partial charge in [0.25, 0.3) is 5.91 Å². The fourth-order valence-corrected chi connectivity index (χ4v) is 3.03. The van der Waals surface area contributed by atoms with E-state index < -0.39 is 0 Å². The number of carbonyl (C=O) groups excluding carboxylic acids is 1. The molecule has 0 spiro atoms. The van der Waals surface area contributed by atoms with Gasteiger partial charge in [0.1, 0.15) is 13.2 Å². The number of hydrogen-bond donors (Lipinski definition) is 1. The Morgan fingerprint density at radius 1 is 1.26 bits per heavy atom. The third-order valence-electron chi connectivity index (χ3n) is 4.12. The molecule has 1 aromatic carbocycles. The Kier molecular flexibility index (Phi) is 4.35. The average molecular weight is 321 g/mol. The lowest BCUT2D eigenvalue weighted by atomic mass is 9.93. The summed E-state index contributed by atoms with van der Waals surface area (Å²) in [7, 11) is 1.55. The number of carbonyl (C=O) groups is 1. The zero-order valence-electron chi connectivity index (χ0n) is 13.8. The van der Waals surface area contributed by atoms with Crippen LogP contribution in [0.15, 0.2) is 12.1 Å². The zero-order valence-corrected chi connectivity index (χ0v) is 13.8. The van der Waals surface area contributed by atoms with Gasteiger partial charge in [0.05, 0.1) is 12.7 Å². The van der Waals surface area contributed by atoms with Crippen LogP contribution in [0.1, 0.15) is 37.0 Å². The van der Waals surface area contributed by atoms with Crippen LogP contribution in [-0.4, -0.2) is 44.5 Å². The van der Waals surface area contributed by atoms with E-state index in [0.717, 1.165) is 12.8 Å². The SMILES string of the molecule is COc1cc(C(=O)NC2CCOC(C)(C)C2)cc2c1OCCO2. The molecule has 0 aromatic heterocycles. The first-order valence-corrected chi connectivity index (χ1v) is 7.91. The molecular formula is C17H23NO5. The molecule has 6 nitrogen and oxygen atoms in total. The standard InChI is InChI=1S/C17H23NO5/c1-17(2)10-12(4-5-23-17)18-16(19)11-8-13(20-3)15-14(9-11)21-6-7-22-15/h8-9,12H,4-7,10H2,1-3H3,(H,18,19). The summed E-state index contributed by atoms with van der Waals surface area (Å²) in [5.74, 6) is 1.48. The van der Waals surface area contributed by atoms with Gasteiger partial charge < -0.3 is 24.3 Å². The van der Waals surface area contributed by atoms with Gasteiger partial charge in [0.15, 0.2) is 11.5 Å². The minimum Gasteiger partial charge on any atom is -0.493 e. The maximum atomic E-state index is 12.6. The molecule has 2 aliphatic rings. The highest BCUT2D eigenvalue weighted by Gasteiger charge is 2.30. The van der Waals surface area contributed by atoms with Crippen molar-refractivity contribution in [1.29, 1.82) is 0 Å². The van der Waals surface area contributed by atoms with Crippen molar-refractivity contribution in [2.24, 2.45) is 0 Å². The van der Waals surface area contributed by atoms with Gasteiger partial charge in [-0.2, -0.15) is 0 Å². The molecule has 23 heavy (non-hydrogen) atoms. The van der Waals surface area contributed by atoms with E-state index in [1.165, 1.54) is 0 Å². The van der Waals surface area contributed by atoms with Gasteiger partial charge in [-0.25, -0.2) is 0 Å². The Morgan fingerprint density at radius 3 is 2.78 bits per heavy atom. The lowest BCUT2D eigenvalue weighted by Crippen LogP contribution is -2.45. The highest BCUT2D eigenvalue weighted by Crippen LogP contribution is 2.40. The second-order valence-corrected chi connectivity index (χ2v) is 6.47. The van der Waals surface area contributed by atoms with E-state index in [4.69, 9.17) is 18.9 Å². The molecule has 126 valence electrons. The summed E-state index contributed by atoms with van der Waals surface area (Å²) >= 11 is 0. The Bertz CT molecular complexity index is 582. The number of hydrogen-bond acceptors (Lipinski definition) is 5. The van der Waals surface area contributed by atoms with E-state index in [1.54, 1.807) is 19.2 Å². The molecule has 1 unspecified atom stereocenters. The average Bonchev–Trinajstić information content (AvgIpc) is 2.52. The summed E-state index contributed by atoms with van der Waals surface area (Å²) in [6, 6.07) is 3.50. The molecule has 0 saturated carbocycles. The molecule has 0 radical (unpaired) electrons. The smallest absolute Gasteiger partial charge is 0.251 e.